The topological polar surface area (TPSA) is 21.3 Å². The van der Waals surface area contributed by atoms with Crippen molar-refractivity contribution in [2.45, 2.75) is 65.1 Å². The van der Waals surface area contributed by atoms with Crippen LogP contribution in [-0.2, 0) is 4.74 Å². The average Bonchev–Trinajstić information content (AvgIpc) is 2.29. The van der Waals surface area contributed by atoms with Crippen LogP contribution in [0.4, 0.5) is 0 Å². The van der Waals surface area contributed by atoms with Crippen LogP contribution < -0.4 is 5.32 Å². The molecule has 90 valence electrons. The monoisotopic (exact) mass is 213 g/mol. The molecule has 0 saturated carbocycles. The summed E-state index contributed by atoms with van der Waals surface area (Å²) in [5.41, 5.74) is 0.106. The Bertz CT molecular complexity index is 179. The Morgan fingerprint density at radius 3 is 2.67 bits per heavy atom. The minimum absolute atomic E-state index is 0.106. The summed E-state index contributed by atoms with van der Waals surface area (Å²) in [5.74, 6) is 0.766. The van der Waals surface area contributed by atoms with Gasteiger partial charge in [-0.2, -0.15) is 0 Å². The minimum atomic E-state index is 0.106. The predicted molar refractivity (Wildman–Crippen MR) is 65.1 cm³/mol. The molecule has 3 atom stereocenters. The van der Waals surface area contributed by atoms with Crippen LogP contribution >= 0.6 is 0 Å². The number of morpholine rings is 1. The largest absolute Gasteiger partial charge is 0.369 e. The summed E-state index contributed by atoms with van der Waals surface area (Å²) in [7, 11) is 0. The fourth-order valence-corrected chi connectivity index (χ4v) is 2.38. The van der Waals surface area contributed by atoms with Gasteiger partial charge in [0, 0.05) is 13.1 Å². The number of rotatable bonds is 5. The van der Waals surface area contributed by atoms with E-state index in [1.54, 1.807) is 0 Å². The van der Waals surface area contributed by atoms with Gasteiger partial charge in [0.1, 0.15) is 0 Å². The van der Waals surface area contributed by atoms with Crippen molar-refractivity contribution in [2.24, 2.45) is 5.92 Å². The van der Waals surface area contributed by atoms with E-state index in [0.717, 1.165) is 31.8 Å². The van der Waals surface area contributed by atoms with Gasteiger partial charge in [-0.3, -0.25) is 0 Å². The van der Waals surface area contributed by atoms with E-state index in [4.69, 9.17) is 4.74 Å². The third-order valence-electron chi connectivity index (χ3n) is 3.75. The third kappa shape index (κ3) is 3.46. The Labute approximate surface area is 94.8 Å². The van der Waals surface area contributed by atoms with Crippen molar-refractivity contribution in [1.29, 1.82) is 0 Å². The second-order valence-electron chi connectivity index (χ2n) is 5.03. The maximum Gasteiger partial charge on any atom is 0.0810 e. The molecule has 0 bridgehead atoms. The van der Waals surface area contributed by atoms with E-state index in [1.165, 1.54) is 12.8 Å². The predicted octanol–water partition coefficient (Wildman–Crippen LogP) is 2.97. The lowest BCUT2D eigenvalue weighted by atomic mass is 9.86. The molecule has 1 heterocycles. The lowest BCUT2D eigenvalue weighted by Crippen LogP contribution is -2.54. The number of ether oxygens (including phenoxy) is 1. The van der Waals surface area contributed by atoms with Gasteiger partial charge in [0.05, 0.1) is 11.7 Å². The number of hydrogen-bond donors (Lipinski definition) is 1. The molecule has 1 aliphatic heterocycles. The Morgan fingerprint density at radius 2 is 2.13 bits per heavy atom. The molecule has 2 heteroatoms. The summed E-state index contributed by atoms with van der Waals surface area (Å²) in [4.78, 5) is 0. The molecule has 0 amide bonds. The molecule has 1 aliphatic rings. The van der Waals surface area contributed by atoms with Crippen LogP contribution in [0, 0.1) is 5.92 Å². The molecule has 3 unspecified atom stereocenters. The molecule has 1 saturated heterocycles. The highest BCUT2D eigenvalue weighted by molar-refractivity contribution is 4.89. The maximum atomic E-state index is 6.28. The SMILES string of the molecule is CCC(C)CC1(CC)CNCC(CC)O1. The van der Waals surface area contributed by atoms with Crippen LogP contribution in [0.5, 0.6) is 0 Å². The van der Waals surface area contributed by atoms with Crippen molar-refractivity contribution in [3.05, 3.63) is 0 Å². The smallest absolute Gasteiger partial charge is 0.0810 e. The molecule has 2 nitrogen and oxygen atoms in total. The summed E-state index contributed by atoms with van der Waals surface area (Å²) in [6.45, 7) is 11.1. The van der Waals surface area contributed by atoms with Crippen LogP contribution in [0.1, 0.15) is 53.4 Å². The first-order valence-corrected chi connectivity index (χ1v) is 6.54. The molecule has 0 radical (unpaired) electrons. The Kier molecular flexibility index (Phi) is 5.07. The van der Waals surface area contributed by atoms with Crippen molar-refractivity contribution in [3.8, 4) is 0 Å². The third-order valence-corrected chi connectivity index (χ3v) is 3.75. The summed E-state index contributed by atoms with van der Waals surface area (Å²) < 4.78 is 6.28. The van der Waals surface area contributed by atoms with Gasteiger partial charge >= 0.3 is 0 Å². The molecule has 0 aromatic rings. The molecule has 1 N–H and O–H groups in total. The first-order valence-electron chi connectivity index (χ1n) is 6.54. The zero-order valence-electron chi connectivity index (χ0n) is 10.8. The van der Waals surface area contributed by atoms with Gasteiger partial charge in [-0.15, -0.1) is 0 Å². The molecular weight excluding hydrogens is 186 g/mol. The number of hydrogen-bond acceptors (Lipinski definition) is 2. The standard InChI is InChI=1S/C13H27NO/c1-5-11(4)8-13(7-3)10-14-9-12(6-2)15-13/h11-12,14H,5-10H2,1-4H3. The van der Waals surface area contributed by atoms with E-state index in [9.17, 15) is 0 Å². The van der Waals surface area contributed by atoms with Crippen molar-refractivity contribution in [2.75, 3.05) is 13.1 Å². The van der Waals surface area contributed by atoms with Gasteiger partial charge in [-0.25, -0.2) is 0 Å². The van der Waals surface area contributed by atoms with E-state index >= 15 is 0 Å². The molecule has 0 aromatic heterocycles. The van der Waals surface area contributed by atoms with E-state index in [1.807, 2.05) is 0 Å². The minimum Gasteiger partial charge on any atom is -0.369 e. The van der Waals surface area contributed by atoms with E-state index in [-0.39, 0.29) is 5.60 Å². The van der Waals surface area contributed by atoms with Crippen LogP contribution in [0.25, 0.3) is 0 Å². The first kappa shape index (κ1) is 13.0. The van der Waals surface area contributed by atoms with E-state index < -0.39 is 0 Å². The quantitative estimate of drug-likeness (QED) is 0.758. The molecule has 1 fully saturated rings. The number of nitrogens with one attached hydrogen (secondary N) is 1. The van der Waals surface area contributed by atoms with E-state index in [2.05, 4.69) is 33.0 Å². The highest BCUT2D eigenvalue weighted by Gasteiger charge is 2.35. The summed E-state index contributed by atoms with van der Waals surface area (Å²) in [6.07, 6.45) is 5.12. The van der Waals surface area contributed by atoms with Gasteiger partial charge < -0.3 is 10.1 Å². The van der Waals surface area contributed by atoms with Gasteiger partial charge in [0.25, 0.3) is 0 Å². The molecular formula is C13H27NO. The zero-order valence-corrected chi connectivity index (χ0v) is 10.8. The summed E-state index contributed by atoms with van der Waals surface area (Å²) in [5, 5.41) is 3.53. The zero-order chi connectivity index (χ0) is 11.3. The Morgan fingerprint density at radius 1 is 1.40 bits per heavy atom. The molecule has 15 heavy (non-hydrogen) atoms. The van der Waals surface area contributed by atoms with Gasteiger partial charge in [0.2, 0.25) is 0 Å². The lowest BCUT2D eigenvalue weighted by molar-refractivity contribution is -0.129. The lowest BCUT2D eigenvalue weighted by Gasteiger charge is -2.42. The first-order chi connectivity index (χ1) is 7.15. The van der Waals surface area contributed by atoms with Crippen LogP contribution in [0.3, 0.4) is 0 Å². The van der Waals surface area contributed by atoms with E-state index in [0.29, 0.717) is 6.10 Å². The van der Waals surface area contributed by atoms with Crippen molar-refractivity contribution >= 4 is 0 Å². The second kappa shape index (κ2) is 5.86. The van der Waals surface area contributed by atoms with Crippen LogP contribution in [-0.4, -0.2) is 24.8 Å². The molecule has 0 aliphatic carbocycles. The fourth-order valence-electron chi connectivity index (χ4n) is 2.38. The molecule has 0 aromatic carbocycles. The fraction of sp³-hybridized carbons (Fsp3) is 1.00. The van der Waals surface area contributed by atoms with Gasteiger partial charge in [-0.1, -0.05) is 34.1 Å². The average molecular weight is 213 g/mol. The summed E-state index contributed by atoms with van der Waals surface area (Å²) in [6, 6.07) is 0. The van der Waals surface area contributed by atoms with Crippen molar-refractivity contribution < 1.29 is 4.74 Å². The van der Waals surface area contributed by atoms with Gasteiger partial charge in [-0.05, 0) is 25.2 Å². The normalized spacial score (nSPS) is 34.0. The summed E-state index contributed by atoms with van der Waals surface area (Å²) >= 11 is 0. The van der Waals surface area contributed by atoms with Crippen molar-refractivity contribution in [1.82, 2.24) is 5.32 Å². The Balaban J connectivity index is 2.57. The molecule has 1 rings (SSSR count). The second-order valence-corrected chi connectivity index (χ2v) is 5.03. The van der Waals surface area contributed by atoms with Crippen LogP contribution in [0.2, 0.25) is 0 Å². The Hall–Kier alpha value is -0.0800. The molecule has 0 spiro atoms. The van der Waals surface area contributed by atoms with Gasteiger partial charge in [0.15, 0.2) is 0 Å². The van der Waals surface area contributed by atoms with Crippen molar-refractivity contribution in [3.63, 3.8) is 0 Å². The van der Waals surface area contributed by atoms with Crippen LogP contribution in [0.15, 0.2) is 0 Å². The highest BCUT2D eigenvalue weighted by atomic mass is 16.5. The highest BCUT2D eigenvalue weighted by Crippen LogP contribution is 2.30. The maximum absolute atomic E-state index is 6.28.